The maximum absolute atomic E-state index is 12.1. The minimum absolute atomic E-state index is 0.0322. The Bertz CT molecular complexity index is 683. The SMILES string of the molecule is Cc1ccc(CCNC(=O)N[C@H]2CCO[C@@H]2c2cnn(C)c2)cn1. The normalized spacial score (nSPS) is 20.1. The van der Waals surface area contributed by atoms with Gasteiger partial charge >= 0.3 is 6.03 Å². The van der Waals surface area contributed by atoms with Crippen molar-refractivity contribution in [1.29, 1.82) is 0 Å². The molecule has 7 heteroatoms. The molecule has 1 aliphatic heterocycles. The highest BCUT2D eigenvalue weighted by molar-refractivity contribution is 5.74. The van der Waals surface area contributed by atoms with E-state index in [2.05, 4.69) is 20.7 Å². The van der Waals surface area contributed by atoms with Crippen LogP contribution in [0.3, 0.4) is 0 Å². The summed E-state index contributed by atoms with van der Waals surface area (Å²) in [4.78, 5) is 16.4. The number of nitrogens with zero attached hydrogens (tertiary/aromatic N) is 3. The predicted molar refractivity (Wildman–Crippen MR) is 89.5 cm³/mol. The molecule has 2 atom stereocenters. The van der Waals surface area contributed by atoms with Crippen molar-refractivity contribution >= 4 is 6.03 Å². The van der Waals surface area contributed by atoms with Gasteiger partial charge in [0.05, 0.1) is 12.2 Å². The molecule has 0 spiro atoms. The standard InChI is InChI=1S/C17H23N5O2/c1-12-3-4-13(9-19-12)5-7-18-17(23)21-15-6-8-24-16(15)14-10-20-22(2)11-14/h3-4,9-11,15-16H,5-8H2,1-2H3,(H2,18,21,23)/t15-,16+/m0/s1. The van der Waals surface area contributed by atoms with E-state index >= 15 is 0 Å². The molecule has 2 amide bonds. The fraction of sp³-hybridized carbons (Fsp3) is 0.471. The molecule has 0 aliphatic carbocycles. The average molecular weight is 329 g/mol. The summed E-state index contributed by atoms with van der Waals surface area (Å²) in [6.45, 7) is 3.17. The van der Waals surface area contributed by atoms with Crippen LogP contribution in [-0.2, 0) is 18.2 Å². The Morgan fingerprint density at radius 2 is 2.29 bits per heavy atom. The number of urea groups is 1. The van der Waals surface area contributed by atoms with Gasteiger partial charge < -0.3 is 15.4 Å². The van der Waals surface area contributed by atoms with Crippen LogP contribution in [0.1, 0.15) is 29.3 Å². The maximum atomic E-state index is 12.1. The van der Waals surface area contributed by atoms with Gasteiger partial charge in [-0.1, -0.05) is 6.07 Å². The Morgan fingerprint density at radius 3 is 3.00 bits per heavy atom. The number of hydrogen-bond donors (Lipinski definition) is 2. The fourth-order valence-electron chi connectivity index (χ4n) is 2.84. The molecule has 0 unspecified atom stereocenters. The number of rotatable bonds is 5. The van der Waals surface area contributed by atoms with Crippen LogP contribution >= 0.6 is 0 Å². The molecule has 0 saturated carbocycles. The smallest absolute Gasteiger partial charge is 0.315 e. The number of amides is 2. The monoisotopic (exact) mass is 329 g/mol. The summed E-state index contributed by atoms with van der Waals surface area (Å²) < 4.78 is 7.49. The molecular weight excluding hydrogens is 306 g/mol. The lowest BCUT2D eigenvalue weighted by Crippen LogP contribution is -2.43. The molecule has 1 fully saturated rings. The minimum Gasteiger partial charge on any atom is -0.371 e. The van der Waals surface area contributed by atoms with Gasteiger partial charge in [0.1, 0.15) is 6.10 Å². The van der Waals surface area contributed by atoms with E-state index in [1.54, 1.807) is 10.9 Å². The molecule has 1 aliphatic rings. The van der Waals surface area contributed by atoms with Crippen LogP contribution in [0.25, 0.3) is 0 Å². The van der Waals surface area contributed by atoms with E-state index in [0.29, 0.717) is 13.2 Å². The first-order valence-electron chi connectivity index (χ1n) is 8.18. The van der Waals surface area contributed by atoms with E-state index in [4.69, 9.17) is 4.74 Å². The van der Waals surface area contributed by atoms with Crippen molar-refractivity contribution in [1.82, 2.24) is 25.4 Å². The molecule has 2 aromatic rings. The zero-order chi connectivity index (χ0) is 16.9. The maximum Gasteiger partial charge on any atom is 0.315 e. The largest absolute Gasteiger partial charge is 0.371 e. The number of carbonyl (C=O) groups excluding carboxylic acids is 1. The van der Waals surface area contributed by atoms with E-state index in [1.165, 1.54) is 0 Å². The number of aryl methyl sites for hydroxylation is 2. The van der Waals surface area contributed by atoms with Crippen LogP contribution in [0, 0.1) is 6.92 Å². The van der Waals surface area contributed by atoms with Crippen molar-refractivity contribution < 1.29 is 9.53 Å². The van der Waals surface area contributed by atoms with Crippen LogP contribution in [-0.4, -0.2) is 40.0 Å². The van der Waals surface area contributed by atoms with Gasteiger partial charge in [0, 0.05) is 43.9 Å². The van der Waals surface area contributed by atoms with E-state index in [-0.39, 0.29) is 18.2 Å². The first-order chi connectivity index (χ1) is 11.6. The van der Waals surface area contributed by atoms with Crippen molar-refractivity contribution in [3.05, 3.63) is 47.5 Å². The lowest BCUT2D eigenvalue weighted by molar-refractivity contribution is 0.0999. The van der Waals surface area contributed by atoms with Gasteiger partial charge in [0.15, 0.2) is 0 Å². The number of carbonyl (C=O) groups is 1. The molecule has 0 bridgehead atoms. The Balaban J connectivity index is 1.46. The second kappa shape index (κ2) is 7.44. The molecule has 24 heavy (non-hydrogen) atoms. The summed E-state index contributed by atoms with van der Waals surface area (Å²) in [6, 6.07) is 3.81. The number of pyridine rings is 1. The third-order valence-corrected chi connectivity index (χ3v) is 4.13. The summed E-state index contributed by atoms with van der Waals surface area (Å²) in [7, 11) is 1.87. The zero-order valence-electron chi connectivity index (χ0n) is 14.0. The average Bonchev–Trinajstić information content (AvgIpc) is 3.18. The Kier molecular flexibility index (Phi) is 5.10. The lowest BCUT2D eigenvalue weighted by atomic mass is 10.1. The predicted octanol–water partition coefficient (Wildman–Crippen LogP) is 1.50. The second-order valence-corrected chi connectivity index (χ2v) is 6.09. The number of nitrogens with one attached hydrogen (secondary N) is 2. The molecule has 0 radical (unpaired) electrons. The second-order valence-electron chi connectivity index (χ2n) is 6.09. The van der Waals surface area contributed by atoms with Crippen molar-refractivity contribution in [2.45, 2.75) is 31.9 Å². The van der Waals surface area contributed by atoms with Gasteiger partial charge in [-0.15, -0.1) is 0 Å². The fourth-order valence-corrected chi connectivity index (χ4v) is 2.84. The van der Waals surface area contributed by atoms with Gasteiger partial charge in [-0.05, 0) is 31.4 Å². The lowest BCUT2D eigenvalue weighted by Gasteiger charge is -2.19. The molecule has 128 valence electrons. The van der Waals surface area contributed by atoms with Gasteiger partial charge in [0.2, 0.25) is 0 Å². The van der Waals surface area contributed by atoms with Gasteiger partial charge in [-0.25, -0.2) is 4.79 Å². The van der Waals surface area contributed by atoms with E-state index in [1.807, 2.05) is 38.5 Å². The quantitative estimate of drug-likeness (QED) is 0.871. The summed E-state index contributed by atoms with van der Waals surface area (Å²) in [5.41, 5.74) is 3.09. The molecule has 3 heterocycles. The van der Waals surface area contributed by atoms with Crippen LogP contribution in [0.5, 0.6) is 0 Å². The third kappa shape index (κ3) is 4.11. The highest BCUT2D eigenvalue weighted by atomic mass is 16.5. The van der Waals surface area contributed by atoms with Crippen LogP contribution in [0.2, 0.25) is 0 Å². The van der Waals surface area contributed by atoms with Crippen LogP contribution in [0.4, 0.5) is 4.79 Å². The molecule has 3 rings (SSSR count). The first-order valence-corrected chi connectivity index (χ1v) is 8.18. The van der Waals surface area contributed by atoms with Crippen molar-refractivity contribution in [3.8, 4) is 0 Å². The van der Waals surface area contributed by atoms with Gasteiger partial charge in [0.25, 0.3) is 0 Å². The Hall–Kier alpha value is -2.41. The summed E-state index contributed by atoms with van der Waals surface area (Å²) in [5, 5.41) is 10.1. The summed E-state index contributed by atoms with van der Waals surface area (Å²) >= 11 is 0. The molecule has 1 saturated heterocycles. The molecule has 2 N–H and O–H groups in total. The first kappa shape index (κ1) is 16.4. The number of hydrogen-bond acceptors (Lipinski definition) is 4. The number of ether oxygens (including phenoxy) is 1. The Morgan fingerprint density at radius 1 is 1.42 bits per heavy atom. The van der Waals surface area contributed by atoms with Crippen molar-refractivity contribution in [3.63, 3.8) is 0 Å². The molecule has 0 aromatic carbocycles. The minimum atomic E-state index is -0.167. The van der Waals surface area contributed by atoms with Crippen LogP contribution < -0.4 is 10.6 Å². The highest BCUT2D eigenvalue weighted by Crippen LogP contribution is 2.28. The topological polar surface area (TPSA) is 81.1 Å². The van der Waals surface area contributed by atoms with Gasteiger partial charge in [-0.2, -0.15) is 5.10 Å². The highest BCUT2D eigenvalue weighted by Gasteiger charge is 2.31. The molecular formula is C17H23N5O2. The Labute approximate surface area is 141 Å². The molecule has 7 nitrogen and oxygen atoms in total. The number of aromatic nitrogens is 3. The summed E-state index contributed by atoms with van der Waals surface area (Å²) in [5.74, 6) is 0. The third-order valence-electron chi connectivity index (χ3n) is 4.13. The van der Waals surface area contributed by atoms with Crippen molar-refractivity contribution in [2.24, 2.45) is 7.05 Å². The van der Waals surface area contributed by atoms with Crippen molar-refractivity contribution in [2.75, 3.05) is 13.2 Å². The summed E-state index contributed by atoms with van der Waals surface area (Å²) in [6.07, 6.45) is 6.98. The van der Waals surface area contributed by atoms with Gasteiger partial charge in [-0.3, -0.25) is 9.67 Å². The van der Waals surface area contributed by atoms with E-state index in [9.17, 15) is 4.79 Å². The van der Waals surface area contributed by atoms with E-state index in [0.717, 1.165) is 29.7 Å². The van der Waals surface area contributed by atoms with E-state index < -0.39 is 0 Å². The van der Waals surface area contributed by atoms with Crippen LogP contribution in [0.15, 0.2) is 30.7 Å². The molecule has 2 aromatic heterocycles. The zero-order valence-corrected chi connectivity index (χ0v) is 14.0.